The van der Waals surface area contributed by atoms with Crippen LogP contribution in [-0.4, -0.2) is 14.8 Å². The van der Waals surface area contributed by atoms with Crippen LogP contribution in [-0.2, 0) is 7.05 Å². The average molecular weight is 225 g/mol. The van der Waals surface area contributed by atoms with E-state index in [4.69, 9.17) is 12.2 Å². The molecule has 0 aliphatic heterocycles. The van der Waals surface area contributed by atoms with Crippen LogP contribution in [0.25, 0.3) is 11.4 Å². The zero-order chi connectivity index (χ0) is 10.3. The Morgan fingerprint density at radius 2 is 2.21 bits per heavy atom. The molecule has 2 heterocycles. The Labute approximate surface area is 91.4 Å². The van der Waals surface area contributed by atoms with Crippen molar-refractivity contribution >= 4 is 23.6 Å². The molecule has 0 aromatic carbocycles. The summed E-state index contributed by atoms with van der Waals surface area (Å²) >= 11 is 6.82. The zero-order valence-electron chi connectivity index (χ0n) is 8.29. The smallest absolute Gasteiger partial charge is 0.195 e. The van der Waals surface area contributed by atoms with Crippen molar-refractivity contribution in [2.24, 2.45) is 7.05 Å². The van der Waals surface area contributed by atoms with Gasteiger partial charge in [-0.15, -0.1) is 11.3 Å². The largest absolute Gasteiger partial charge is 0.303 e. The van der Waals surface area contributed by atoms with Gasteiger partial charge in [-0.05, 0) is 31.6 Å². The van der Waals surface area contributed by atoms with Gasteiger partial charge >= 0.3 is 0 Å². The summed E-state index contributed by atoms with van der Waals surface area (Å²) < 4.78 is 2.55. The minimum Gasteiger partial charge on any atom is -0.303 e. The van der Waals surface area contributed by atoms with Gasteiger partial charge in [0.2, 0.25) is 0 Å². The molecule has 74 valence electrons. The van der Waals surface area contributed by atoms with Crippen molar-refractivity contribution in [3.8, 4) is 11.4 Å². The number of aromatic nitrogens is 3. The van der Waals surface area contributed by atoms with Gasteiger partial charge in [0.15, 0.2) is 10.6 Å². The van der Waals surface area contributed by atoms with Crippen molar-refractivity contribution in [2.45, 2.75) is 13.8 Å². The Hall–Kier alpha value is -0.940. The van der Waals surface area contributed by atoms with Gasteiger partial charge in [-0.3, -0.25) is 5.10 Å². The number of hydrogen-bond donors (Lipinski definition) is 1. The number of aromatic amines is 1. The van der Waals surface area contributed by atoms with Crippen LogP contribution in [0.15, 0.2) is 5.38 Å². The zero-order valence-corrected chi connectivity index (χ0v) is 9.92. The highest BCUT2D eigenvalue weighted by molar-refractivity contribution is 7.71. The van der Waals surface area contributed by atoms with E-state index in [1.54, 1.807) is 11.3 Å². The first-order valence-electron chi connectivity index (χ1n) is 4.27. The molecule has 3 nitrogen and oxygen atoms in total. The Morgan fingerprint density at radius 1 is 1.50 bits per heavy atom. The van der Waals surface area contributed by atoms with Gasteiger partial charge in [-0.2, -0.15) is 5.10 Å². The second kappa shape index (κ2) is 3.33. The molecule has 1 N–H and O–H groups in total. The molecule has 2 aromatic rings. The van der Waals surface area contributed by atoms with Crippen LogP contribution in [0.1, 0.15) is 10.4 Å². The first-order valence-corrected chi connectivity index (χ1v) is 5.56. The Kier molecular flexibility index (Phi) is 2.28. The lowest BCUT2D eigenvalue weighted by molar-refractivity contribution is 0.901. The molecule has 2 aromatic heterocycles. The second-order valence-electron chi connectivity index (χ2n) is 3.24. The van der Waals surface area contributed by atoms with E-state index in [9.17, 15) is 0 Å². The molecule has 2 rings (SSSR count). The summed E-state index contributed by atoms with van der Waals surface area (Å²) in [5, 5.41) is 9.13. The third kappa shape index (κ3) is 1.33. The lowest BCUT2D eigenvalue weighted by Crippen LogP contribution is -1.92. The molecule has 0 bridgehead atoms. The van der Waals surface area contributed by atoms with E-state index in [0.717, 1.165) is 5.82 Å². The summed E-state index contributed by atoms with van der Waals surface area (Å²) in [5.41, 5.74) is 2.45. The van der Waals surface area contributed by atoms with Crippen LogP contribution in [0.5, 0.6) is 0 Å². The summed E-state index contributed by atoms with van der Waals surface area (Å²) in [6.45, 7) is 4.23. The number of nitrogens with one attached hydrogen (secondary N) is 1. The first-order chi connectivity index (χ1) is 6.61. The number of hydrogen-bond acceptors (Lipinski definition) is 3. The van der Waals surface area contributed by atoms with Gasteiger partial charge in [0.25, 0.3) is 0 Å². The van der Waals surface area contributed by atoms with Crippen molar-refractivity contribution < 1.29 is 0 Å². The van der Waals surface area contributed by atoms with Crippen LogP contribution in [0.4, 0.5) is 0 Å². The molecule has 0 unspecified atom stereocenters. The van der Waals surface area contributed by atoms with Gasteiger partial charge < -0.3 is 4.57 Å². The third-order valence-electron chi connectivity index (χ3n) is 2.41. The molecular weight excluding hydrogens is 214 g/mol. The van der Waals surface area contributed by atoms with E-state index in [2.05, 4.69) is 29.4 Å². The first kappa shape index (κ1) is 9.61. The third-order valence-corrected chi connectivity index (χ3v) is 3.78. The molecule has 0 spiro atoms. The summed E-state index contributed by atoms with van der Waals surface area (Å²) in [6.07, 6.45) is 0. The van der Waals surface area contributed by atoms with Gasteiger partial charge in [0.05, 0.1) is 0 Å². The fourth-order valence-electron chi connectivity index (χ4n) is 1.32. The predicted molar refractivity (Wildman–Crippen MR) is 61.2 cm³/mol. The van der Waals surface area contributed by atoms with Crippen molar-refractivity contribution in [2.75, 3.05) is 0 Å². The topological polar surface area (TPSA) is 33.6 Å². The van der Waals surface area contributed by atoms with E-state index in [1.807, 2.05) is 11.6 Å². The SMILES string of the molecule is Cc1scc(-c2n[nH]c(=S)n2C)c1C. The number of aryl methyl sites for hydroxylation is 1. The molecule has 14 heavy (non-hydrogen) atoms. The Bertz CT molecular complexity index is 518. The minimum absolute atomic E-state index is 0.656. The van der Waals surface area contributed by atoms with Crippen LogP contribution in [0.3, 0.4) is 0 Å². The normalized spacial score (nSPS) is 10.8. The molecular formula is C9H11N3S2. The van der Waals surface area contributed by atoms with E-state index in [1.165, 1.54) is 16.0 Å². The maximum Gasteiger partial charge on any atom is 0.195 e. The van der Waals surface area contributed by atoms with Crippen LogP contribution >= 0.6 is 23.6 Å². The van der Waals surface area contributed by atoms with Crippen LogP contribution < -0.4 is 0 Å². The summed E-state index contributed by atoms with van der Waals surface area (Å²) in [5.74, 6) is 0.914. The number of nitrogens with zero attached hydrogens (tertiary/aromatic N) is 2. The molecule has 0 saturated heterocycles. The second-order valence-corrected chi connectivity index (χ2v) is 4.71. The minimum atomic E-state index is 0.656. The highest BCUT2D eigenvalue weighted by Gasteiger charge is 2.11. The predicted octanol–water partition coefficient (Wildman–Crippen LogP) is 2.82. The summed E-state index contributed by atoms with van der Waals surface area (Å²) in [7, 11) is 1.92. The number of rotatable bonds is 1. The monoisotopic (exact) mass is 225 g/mol. The van der Waals surface area contributed by atoms with Gasteiger partial charge in [0.1, 0.15) is 0 Å². The van der Waals surface area contributed by atoms with Crippen molar-refractivity contribution in [1.29, 1.82) is 0 Å². The van der Waals surface area contributed by atoms with E-state index < -0.39 is 0 Å². The fraction of sp³-hybridized carbons (Fsp3) is 0.333. The highest BCUT2D eigenvalue weighted by Crippen LogP contribution is 2.28. The molecule has 0 aliphatic rings. The van der Waals surface area contributed by atoms with Crippen molar-refractivity contribution in [1.82, 2.24) is 14.8 Å². The van der Waals surface area contributed by atoms with E-state index in [0.29, 0.717) is 4.77 Å². The van der Waals surface area contributed by atoms with E-state index in [-0.39, 0.29) is 0 Å². The average Bonchev–Trinajstić information content (AvgIpc) is 2.63. The van der Waals surface area contributed by atoms with Crippen LogP contribution in [0, 0.1) is 18.6 Å². The van der Waals surface area contributed by atoms with Gasteiger partial charge in [-0.25, -0.2) is 0 Å². The highest BCUT2D eigenvalue weighted by atomic mass is 32.1. The molecule has 0 saturated carbocycles. The fourth-order valence-corrected chi connectivity index (χ4v) is 2.32. The molecule has 0 aliphatic carbocycles. The van der Waals surface area contributed by atoms with Gasteiger partial charge in [-0.1, -0.05) is 0 Å². The molecule has 0 atom stereocenters. The Morgan fingerprint density at radius 3 is 2.64 bits per heavy atom. The molecule has 5 heteroatoms. The number of H-pyrrole nitrogens is 1. The lowest BCUT2D eigenvalue weighted by Gasteiger charge is -1.98. The molecule has 0 fully saturated rings. The lowest BCUT2D eigenvalue weighted by atomic mass is 10.2. The summed E-state index contributed by atoms with van der Waals surface area (Å²) in [6, 6.07) is 0. The quantitative estimate of drug-likeness (QED) is 0.757. The van der Waals surface area contributed by atoms with Crippen molar-refractivity contribution in [3.63, 3.8) is 0 Å². The van der Waals surface area contributed by atoms with E-state index >= 15 is 0 Å². The standard InChI is InChI=1S/C9H11N3S2/c1-5-6(2)14-4-7(5)8-10-11-9(13)12(8)3/h4H,1-3H3,(H,11,13). The maximum atomic E-state index is 5.07. The van der Waals surface area contributed by atoms with Crippen LogP contribution in [0.2, 0.25) is 0 Å². The van der Waals surface area contributed by atoms with Gasteiger partial charge in [0, 0.05) is 22.9 Å². The maximum absolute atomic E-state index is 5.07. The summed E-state index contributed by atoms with van der Waals surface area (Å²) in [4.78, 5) is 1.33. The Balaban J connectivity index is 2.66. The molecule has 0 amide bonds. The number of thiophene rings is 1. The van der Waals surface area contributed by atoms with Crippen molar-refractivity contribution in [3.05, 3.63) is 20.6 Å². The molecule has 0 radical (unpaired) electrons.